The summed E-state index contributed by atoms with van der Waals surface area (Å²) in [5.74, 6) is 0. The molecule has 3 rings (SSSR count). The number of halogens is 1. The van der Waals surface area contributed by atoms with Crippen molar-refractivity contribution >= 4 is 22.6 Å². The predicted molar refractivity (Wildman–Crippen MR) is 76.0 cm³/mol. The Bertz CT molecular complexity index is 679. The molecule has 0 spiro atoms. The number of para-hydroxylation sites is 1. The van der Waals surface area contributed by atoms with Crippen molar-refractivity contribution in [3.8, 4) is 0 Å². The van der Waals surface area contributed by atoms with Crippen LogP contribution in [0.2, 0.25) is 5.22 Å². The van der Waals surface area contributed by atoms with Crippen LogP contribution < -0.4 is 5.32 Å². The Balaban J connectivity index is 1.73. The second-order valence-electron chi connectivity index (χ2n) is 4.31. The molecule has 4 heteroatoms. The smallest absolute Gasteiger partial charge is 0.199 e. The van der Waals surface area contributed by atoms with Crippen LogP contribution in [0, 0.1) is 0 Å². The van der Waals surface area contributed by atoms with E-state index in [1.165, 1.54) is 5.56 Å². The highest BCUT2D eigenvalue weighted by atomic mass is 35.5. The van der Waals surface area contributed by atoms with Crippen molar-refractivity contribution in [1.29, 1.82) is 0 Å². The molecule has 0 radical (unpaired) electrons. The molecule has 19 heavy (non-hydrogen) atoms. The zero-order valence-electron chi connectivity index (χ0n) is 10.3. The van der Waals surface area contributed by atoms with Crippen LogP contribution in [0.15, 0.2) is 53.2 Å². The van der Waals surface area contributed by atoms with Crippen molar-refractivity contribution in [1.82, 2.24) is 10.3 Å². The van der Waals surface area contributed by atoms with E-state index in [2.05, 4.69) is 10.3 Å². The molecule has 96 valence electrons. The van der Waals surface area contributed by atoms with Crippen molar-refractivity contribution < 1.29 is 4.42 Å². The summed E-state index contributed by atoms with van der Waals surface area (Å²) in [6.45, 7) is 1.45. The predicted octanol–water partition coefficient (Wildman–Crippen LogP) is 3.77. The maximum Gasteiger partial charge on any atom is 0.199 e. The van der Waals surface area contributed by atoms with Crippen LogP contribution in [0.25, 0.3) is 11.0 Å². The summed E-state index contributed by atoms with van der Waals surface area (Å²) in [6.07, 6.45) is 3.58. The molecule has 0 atom stereocenters. The first kappa shape index (κ1) is 12.2. The summed E-state index contributed by atoms with van der Waals surface area (Å²) < 4.78 is 5.52. The highest BCUT2D eigenvalue weighted by molar-refractivity contribution is 6.30. The van der Waals surface area contributed by atoms with E-state index in [1.807, 2.05) is 36.4 Å². The highest BCUT2D eigenvalue weighted by Gasteiger charge is 2.11. The minimum atomic E-state index is 0.462. The molecule has 0 aliphatic carbocycles. The number of nitrogens with one attached hydrogen (secondary N) is 1. The fourth-order valence-corrected chi connectivity index (χ4v) is 2.32. The van der Waals surface area contributed by atoms with Crippen LogP contribution in [-0.2, 0) is 13.1 Å². The lowest BCUT2D eigenvalue weighted by atomic mass is 10.2. The van der Waals surface area contributed by atoms with E-state index in [9.17, 15) is 0 Å². The average molecular weight is 273 g/mol. The lowest BCUT2D eigenvalue weighted by Gasteiger charge is -2.03. The van der Waals surface area contributed by atoms with Crippen molar-refractivity contribution in [2.24, 2.45) is 0 Å². The summed E-state index contributed by atoms with van der Waals surface area (Å²) in [7, 11) is 0. The Hall–Kier alpha value is -1.84. The molecule has 2 heterocycles. The van der Waals surface area contributed by atoms with Crippen LogP contribution >= 0.6 is 11.6 Å². The van der Waals surface area contributed by atoms with E-state index in [0.29, 0.717) is 11.8 Å². The van der Waals surface area contributed by atoms with E-state index in [1.54, 1.807) is 12.4 Å². The van der Waals surface area contributed by atoms with Gasteiger partial charge in [0.25, 0.3) is 0 Å². The van der Waals surface area contributed by atoms with Gasteiger partial charge in [-0.2, -0.15) is 0 Å². The molecule has 0 saturated carbocycles. The van der Waals surface area contributed by atoms with Gasteiger partial charge in [-0.1, -0.05) is 18.2 Å². The van der Waals surface area contributed by atoms with Crippen LogP contribution in [0.3, 0.4) is 0 Å². The number of aromatic nitrogens is 1. The molecule has 0 aliphatic rings. The van der Waals surface area contributed by atoms with Crippen molar-refractivity contribution in [3.05, 3.63) is 65.1 Å². The fraction of sp³-hybridized carbons (Fsp3) is 0.133. The van der Waals surface area contributed by atoms with E-state index in [0.717, 1.165) is 23.1 Å². The minimum absolute atomic E-state index is 0.462. The first-order valence-electron chi connectivity index (χ1n) is 6.10. The summed E-state index contributed by atoms with van der Waals surface area (Å²) >= 11 is 6.13. The Morgan fingerprint density at radius 1 is 1.05 bits per heavy atom. The van der Waals surface area contributed by atoms with Gasteiger partial charge in [0.2, 0.25) is 0 Å². The molecule has 0 unspecified atom stereocenters. The second-order valence-corrected chi connectivity index (χ2v) is 4.65. The Morgan fingerprint density at radius 3 is 2.68 bits per heavy atom. The molecule has 3 aromatic rings. The second kappa shape index (κ2) is 5.43. The number of rotatable bonds is 4. The zero-order chi connectivity index (χ0) is 13.1. The lowest BCUT2D eigenvalue weighted by Crippen LogP contribution is -2.12. The summed E-state index contributed by atoms with van der Waals surface area (Å²) in [4.78, 5) is 3.99. The SMILES string of the molecule is Clc1oc2ccccc2c1CNCc1ccncc1. The molecule has 2 aromatic heterocycles. The largest absolute Gasteiger partial charge is 0.444 e. The average Bonchev–Trinajstić information content (AvgIpc) is 2.76. The molecule has 1 N–H and O–H groups in total. The van der Waals surface area contributed by atoms with Crippen molar-refractivity contribution in [2.45, 2.75) is 13.1 Å². The van der Waals surface area contributed by atoms with Crippen LogP contribution in [0.1, 0.15) is 11.1 Å². The molecular weight excluding hydrogens is 260 g/mol. The van der Waals surface area contributed by atoms with Gasteiger partial charge in [0.15, 0.2) is 5.22 Å². The van der Waals surface area contributed by atoms with Gasteiger partial charge in [-0.05, 0) is 35.4 Å². The molecule has 0 fully saturated rings. The van der Waals surface area contributed by atoms with Gasteiger partial charge in [0.05, 0.1) is 0 Å². The Kier molecular flexibility index (Phi) is 3.49. The number of nitrogens with zero attached hydrogens (tertiary/aromatic N) is 1. The highest BCUT2D eigenvalue weighted by Crippen LogP contribution is 2.29. The van der Waals surface area contributed by atoms with E-state index >= 15 is 0 Å². The van der Waals surface area contributed by atoms with Gasteiger partial charge in [-0.15, -0.1) is 0 Å². The maximum absolute atomic E-state index is 6.13. The number of fused-ring (bicyclic) bond motifs is 1. The number of hydrogen-bond acceptors (Lipinski definition) is 3. The minimum Gasteiger partial charge on any atom is -0.444 e. The van der Waals surface area contributed by atoms with Crippen LogP contribution in [-0.4, -0.2) is 4.98 Å². The topological polar surface area (TPSA) is 38.1 Å². The number of pyridine rings is 1. The normalized spacial score (nSPS) is 11.0. The molecular formula is C15H13ClN2O. The number of hydrogen-bond donors (Lipinski definition) is 1. The zero-order valence-corrected chi connectivity index (χ0v) is 11.0. The van der Waals surface area contributed by atoms with E-state index in [-0.39, 0.29) is 0 Å². The van der Waals surface area contributed by atoms with Crippen LogP contribution in [0.5, 0.6) is 0 Å². The van der Waals surface area contributed by atoms with Gasteiger partial charge in [-0.25, -0.2) is 0 Å². The molecule has 0 saturated heterocycles. The van der Waals surface area contributed by atoms with Gasteiger partial charge in [0.1, 0.15) is 5.58 Å². The first-order chi connectivity index (χ1) is 9.34. The van der Waals surface area contributed by atoms with Crippen molar-refractivity contribution in [2.75, 3.05) is 0 Å². The third-order valence-electron chi connectivity index (χ3n) is 3.03. The molecule has 3 nitrogen and oxygen atoms in total. The first-order valence-corrected chi connectivity index (χ1v) is 6.48. The molecule has 0 bridgehead atoms. The van der Waals surface area contributed by atoms with E-state index in [4.69, 9.17) is 16.0 Å². The fourth-order valence-electron chi connectivity index (χ4n) is 2.07. The Morgan fingerprint density at radius 2 is 1.84 bits per heavy atom. The molecule has 1 aromatic carbocycles. The maximum atomic E-state index is 6.13. The van der Waals surface area contributed by atoms with Gasteiger partial charge >= 0.3 is 0 Å². The third kappa shape index (κ3) is 2.62. The Labute approximate surface area is 116 Å². The molecule has 0 amide bonds. The van der Waals surface area contributed by atoms with Gasteiger partial charge < -0.3 is 9.73 Å². The van der Waals surface area contributed by atoms with Crippen molar-refractivity contribution in [3.63, 3.8) is 0 Å². The summed E-state index contributed by atoms with van der Waals surface area (Å²) in [5.41, 5.74) is 3.03. The monoisotopic (exact) mass is 272 g/mol. The summed E-state index contributed by atoms with van der Waals surface area (Å²) in [5, 5.41) is 4.89. The standard InChI is InChI=1S/C15H13ClN2O/c16-15-13(12-3-1-2-4-14(12)19-15)10-18-9-11-5-7-17-8-6-11/h1-8,18H,9-10H2. The quantitative estimate of drug-likeness (QED) is 0.786. The van der Waals surface area contributed by atoms with E-state index < -0.39 is 0 Å². The number of furan rings is 1. The lowest BCUT2D eigenvalue weighted by molar-refractivity contribution is 0.604. The van der Waals surface area contributed by atoms with Gasteiger partial charge in [-0.3, -0.25) is 4.98 Å². The summed E-state index contributed by atoms with van der Waals surface area (Å²) in [6, 6.07) is 11.8. The van der Waals surface area contributed by atoms with Crippen LogP contribution in [0.4, 0.5) is 0 Å². The van der Waals surface area contributed by atoms with Gasteiger partial charge in [0, 0.05) is 36.4 Å². The third-order valence-corrected chi connectivity index (χ3v) is 3.33. The molecule has 0 aliphatic heterocycles. The number of benzene rings is 1.